The van der Waals surface area contributed by atoms with Gasteiger partial charge in [0.15, 0.2) is 17.5 Å². The number of rotatable bonds is 5. The first kappa shape index (κ1) is 32.4. The van der Waals surface area contributed by atoms with E-state index < -0.39 is 0 Å². The van der Waals surface area contributed by atoms with E-state index in [1.54, 1.807) is 0 Å². The van der Waals surface area contributed by atoms with E-state index in [2.05, 4.69) is 191 Å². The fraction of sp³-hybridized carbons (Fsp3) is 0. The Bertz CT molecular complexity index is 3520. The average Bonchev–Trinajstić information content (AvgIpc) is 3.80. The van der Waals surface area contributed by atoms with E-state index in [9.17, 15) is 0 Å². The predicted octanol–water partition coefficient (Wildman–Crippen LogP) is 13.4. The van der Waals surface area contributed by atoms with Gasteiger partial charge in [-0.05, 0) is 70.1 Å². The zero-order valence-corrected chi connectivity index (χ0v) is 31.3. The smallest absolute Gasteiger partial charge is 0.166 e. The Hall–Kier alpha value is -7.89. The molecule has 3 aromatic heterocycles. The molecule has 0 saturated heterocycles. The monoisotopic (exact) mass is 739 g/mol. The number of hydrogen-bond acceptors (Lipinski definition) is 3. The largest absolute Gasteiger partial charge is 0.309 e. The van der Waals surface area contributed by atoms with E-state index in [-0.39, 0.29) is 0 Å². The molecule has 9 aromatic carbocycles. The minimum atomic E-state index is 0.613. The normalized spacial score (nSPS) is 11.8. The van der Waals surface area contributed by atoms with Gasteiger partial charge >= 0.3 is 0 Å². The minimum absolute atomic E-state index is 0.613. The molecule has 5 heteroatoms. The number of aromatic nitrogens is 5. The van der Waals surface area contributed by atoms with Crippen LogP contribution >= 0.6 is 0 Å². The highest BCUT2D eigenvalue weighted by atomic mass is 15.1. The molecule has 5 nitrogen and oxygen atoms in total. The van der Waals surface area contributed by atoms with Crippen molar-refractivity contribution in [1.29, 1.82) is 0 Å². The second-order valence-corrected chi connectivity index (χ2v) is 14.8. The summed E-state index contributed by atoms with van der Waals surface area (Å²) in [7, 11) is 0. The second-order valence-electron chi connectivity index (χ2n) is 14.8. The topological polar surface area (TPSA) is 48.5 Å². The third-order valence-electron chi connectivity index (χ3n) is 11.5. The molecule has 0 atom stereocenters. The van der Waals surface area contributed by atoms with Crippen LogP contribution in [0, 0.1) is 0 Å². The molecule has 12 aromatic rings. The summed E-state index contributed by atoms with van der Waals surface area (Å²) in [5.74, 6) is 1.88. The van der Waals surface area contributed by atoms with E-state index in [0.29, 0.717) is 17.5 Å². The molecule has 0 aliphatic rings. The maximum Gasteiger partial charge on any atom is 0.166 e. The lowest BCUT2D eigenvalue weighted by Crippen LogP contribution is -2.04. The summed E-state index contributed by atoms with van der Waals surface area (Å²) in [6.07, 6.45) is 0. The number of fused-ring (bicyclic) bond motifs is 8. The Balaban J connectivity index is 1.18. The summed E-state index contributed by atoms with van der Waals surface area (Å²) in [5.41, 5.74) is 9.51. The lowest BCUT2D eigenvalue weighted by atomic mass is 10.0. The highest BCUT2D eigenvalue weighted by Crippen LogP contribution is 2.42. The standard InChI is InChI=1S/C53H33N5/c1-2-17-35(18-3-1)51-54-52(41-26-14-21-34-16-6-7-22-38(34)41)56-53(55-51)42-25-10-13-29-46(42)58-48-31-15-30-47(50(48)43-32-36-19-4-5-20-37(36)33-49(43)58)57-44-27-11-8-23-39(44)40-24-9-12-28-45(40)57/h1-33H. The van der Waals surface area contributed by atoms with Crippen LogP contribution < -0.4 is 0 Å². The third-order valence-corrected chi connectivity index (χ3v) is 11.5. The van der Waals surface area contributed by atoms with Gasteiger partial charge in [0.25, 0.3) is 0 Å². The summed E-state index contributed by atoms with van der Waals surface area (Å²) in [6, 6.07) is 70.9. The zero-order chi connectivity index (χ0) is 38.2. The van der Waals surface area contributed by atoms with Crippen molar-refractivity contribution in [2.75, 3.05) is 0 Å². The molecule has 0 fully saturated rings. The van der Waals surface area contributed by atoms with Crippen LogP contribution in [0.3, 0.4) is 0 Å². The Morgan fingerprint density at radius 2 is 0.793 bits per heavy atom. The van der Waals surface area contributed by atoms with Gasteiger partial charge in [-0.1, -0.05) is 152 Å². The van der Waals surface area contributed by atoms with Gasteiger partial charge in [-0.2, -0.15) is 0 Å². The van der Waals surface area contributed by atoms with Crippen LogP contribution in [0.15, 0.2) is 200 Å². The first-order valence-corrected chi connectivity index (χ1v) is 19.6. The lowest BCUT2D eigenvalue weighted by Gasteiger charge is -2.15. The molecule has 0 spiro atoms. The Kier molecular flexibility index (Phi) is 7.16. The van der Waals surface area contributed by atoms with Gasteiger partial charge in [0.2, 0.25) is 0 Å². The number of nitrogens with zero attached hydrogens (tertiary/aromatic N) is 5. The fourth-order valence-corrected chi connectivity index (χ4v) is 8.97. The molecule has 0 saturated carbocycles. The van der Waals surface area contributed by atoms with E-state index in [4.69, 9.17) is 15.0 Å². The van der Waals surface area contributed by atoms with Crippen LogP contribution in [0.4, 0.5) is 0 Å². The molecule has 0 radical (unpaired) electrons. The third kappa shape index (κ3) is 4.93. The van der Waals surface area contributed by atoms with Crippen molar-refractivity contribution in [3.8, 4) is 45.5 Å². The van der Waals surface area contributed by atoms with Gasteiger partial charge < -0.3 is 9.13 Å². The minimum Gasteiger partial charge on any atom is -0.309 e. The highest BCUT2D eigenvalue weighted by Gasteiger charge is 2.23. The van der Waals surface area contributed by atoms with Crippen molar-refractivity contribution in [3.63, 3.8) is 0 Å². The number of benzene rings is 9. The van der Waals surface area contributed by atoms with Crippen LogP contribution in [0.2, 0.25) is 0 Å². The second kappa shape index (κ2) is 12.8. The van der Waals surface area contributed by atoms with Crippen LogP contribution in [-0.2, 0) is 0 Å². The maximum absolute atomic E-state index is 5.32. The molecular weight excluding hydrogens is 707 g/mol. The lowest BCUT2D eigenvalue weighted by molar-refractivity contribution is 1.07. The van der Waals surface area contributed by atoms with Gasteiger partial charge in [0, 0.05) is 38.2 Å². The molecule has 0 amide bonds. The summed E-state index contributed by atoms with van der Waals surface area (Å²) < 4.78 is 4.85. The molecular formula is C53H33N5. The molecule has 0 bridgehead atoms. The van der Waals surface area contributed by atoms with Crippen molar-refractivity contribution in [3.05, 3.63) is 200 Å². The number of hydrogen-bond donors (Lipinski definition) is 0. The van der Waals surface area contributed by atoms with E-state index >= 15 is 0 Å². The Labute approximate surface area is 333 Å². The van der Waals surface area contributed by atoms with Gasteiger partial charge in [-0.15, -0.1) is 0 Å². The highest BCUT2D eigenvalue weighted by molar-refractivity contribution is 6.19. The van der Waals surface area contributed by atoms with Crippen LogP contribution in [0.5, 0.6) is 0 Å². The number of para-hydroxylation sites is 3. The van der Waals surface area contributed by atoms with Crippen molar-refractivity contribution in [2.24, 2.45) is 0 Å². The van der Waals surface area contributed by atoms with E-state index in [1.807, 2.05) is 18.2 Å². The summed E-state index contributed by atoms with van der Waals surface area (Å²) >= 11 is 0. The van der Waals surface area contributed by atoms with E-state index in [0.717, 1.165) is 49.9 Å². The van der Waals surface area contributed by atoms with Crippen molar-refractivity contribution >= 4 is 65.2 Å². The quantitative estimate of drug-likeness (QED) is 0.177. The molecule has 0 aliphatic heterocycles. The summed E-state index contributed by atoms with van der Waals surface area (Å²) in [4.78, 5) is 15.7. The van der Waals surface area contributed by atoms with Gasteiger partial charge in [0.05, 0.1) is 33.4 Å². The van der Waals surface area contributed by atoms with Crippen LogP contribution in [0.25, 0.3) is 111 Å². The SMILES string of the molecule is c1ccc(-c2nc(-c3ccccc3-n3c4cc5ccccc5cc4c4c(-n5c6ccccc6c6ccccc65)cccc43)nc(-c3cccc4ccccc34)n2)cc1. The van der Waals surface area contributed by atoms with Crippen LogP contribution in [0.1, 0.15) is 0 Å². The van der Waals surface area contributed by atoms with Crippen molar-refractivity contribution < 1.29 is 0 Å². The molecule has 3 heterocycles. The van der Waals surface area contributed by atoms with Crippen molar-refractivity contribution in [1.82, 2.24) is 24.1 Å². The predicted molar refractivity (Wildman–Crippen MR) is 240 cm³/mol. The van der Waals surface area contributed by atoms with Crippen LogP contribution in [-0.4, -0.2) is 24.1 Å². The fourth-order valence-electron chi connectivity index (χ4n) is 8.97. The molecule has 0 aliphatic carbocycles. The van der Waals surface area contributed by atoms with Gasteiger partial charge in [0.1, 0.15) is 0 Å². The Morgan fingerprint density at radius 3 is 1.57 bits per heavy atom. The summed E-state index contributed by atoms with van der Waals surface area (Å²) in [6.45, 7) is 0. The average molecular weight is 740 g/mol. The molecule has 58 heavy (non-hydrogen) atoms. The first-order chi connectivity index (χ1) is 28.8. The summed E-state index contributed by atoms with van der Waals surface area (Å²) in [5, 5.41) is 9.45. The molecule has 0 unspecified atom stereocenters. The van der Waals surface area contributed by atoms with Crippen molar-refractivity contribution in [2.45, 2.75) is 0 Å². The van der Waals surface area contributed by atoms with Gasteiger partial charge in [-0.3, -0.25) is 0 Å². The molecule has 0 N–H and O–H groups in total. The zero-order valence-electron chi connectivity index (χ0n) is 31.3. The van der Waals surface area contributed by atoms with E-state index in [1.165, 1.54) is 43.4 Å². The van der Waals surface area contributed by atoms with Gasteiger partial charge in [-0.25, -0.2) is 15.0 Å². The Morgan fingerprint density at radius 1 is 0.293 bits per heavy atom. The molecule has 12 rings (SSSR count). The first-order valence-electron chi connectivity index (χ1n) is 19.6. The maximum atomic E-state index is 5.32. The molecule has 270 valence electrons.